The minimum absolute atomic E-state index is 0.112. The average Bonchev–Trinajstić information content (AvgIpc) is 2.71. The van der Waals surface area contributed by atoms with Crippen molar-refractivity contribution in [2.45, 2.75) is 13.0 Å². The van der Waals surface area contributed by atoms with E-state index in [2.05, 4.69) is 10.6 Å². The van der Waals surface area contributed by atoms with Crippen molar-refractivity contribution < 1.29 is 14.4 Å². The van der Waals surface area contributed by atoms with Crippen LogP contribution in [-0.4, -0.2) is 24.3 Å². The monoisotopic (exact) mass is 375 g/mol. The molecular formula is C22H21N3O3. The summed E-state index contributed by atoms with van der Waals surface area (Å²) < 4.78 is 0. The number of amides is 3. The molecule has 6 heteroatoms. The number of fused-ring (bicyclic) bond motifs is 1. The summed E-state index contributed by atoms with van der Waals surface area (Å²) in [4.78, 5) is 35.4. The standard InChI is InChI=1S/C22H21N3O3/c23-22(28)18-9-3-5-15(11-18)13-24-21(27)14-25-20(26)12-17-8-4-7-16-6-1-2-10-19(16)17/h1-11H,12-14H2,(H2,23,28)(H,24,27)(H,25,26). The highest BCUT2D eigenvalue weighted by Crippen LogP contribution is 2.18. The van der Waals surface area contributed by atoms with Gasteiger partial charge >= 0.3 is 0 Å². The molecule has 0 saturated carbocycles. The molecule has 3 aromatic rings. The molecule has 142 valence electrons. The number of hydrogen-bond acceptors (Lipinski definition) is 3. The maximum absolute atomic E-state index is 12.2. The molecule has 0 heterocycles. The van der Waals surface area contributed by atoms with Crippen LogP contribution >= 0.6 is 0 Å². The van der Waals surface area contributed by atoms with Gasteiger partial charge < -0.3 is 16.4 Å². The van der Waals surface area contributed by atoms with E-state index in [1.54, 1.807) is 24.3 Å². The Morgan fingerprint density at radius 3 is 2.39 bits per heavy atom. The Balaban J connectivity index is 1.50. The van der Waals surface area contributed by atoms with Crippen molar-refractivity contribution in [3.8, 4) is 0 Å². The van der Waals surface area contributed by atoms with Crippen LogP contribution in [0.4, 0.5) is 0 Å². The Labute approximate surface area is 162 Å². The first-order valence-corrected chi connectivity index (χ1v) is 8.92. The normalized spacial score (nSPS) is 10.4. The van der Waals surface area contributed by atoms with Crippen LogP contribution in [0.3, 0.4) is 0 Å². The summed E-state index contributed by atoms with van der Waals surface area (Å²) in [5, 5.41) is 7.44. The molecule has 6 nitrogen and oxygen atoms in total. The smallest absolute Gasteiger partial charge is 0.248 e. The number of benzene rings is 3. The van der Waals surface area contributed by atoms with Crippen molar-refractivity contribution in [1.29, 1.82) is 0 Å². The molecule has 3 rings (SSSR count). The van der Waals surface area contributed by atoms with Crippen molar-refractivity contribution in [3.63, 3.8) is 0 Å². The van der Waals surface area contributed by atoms with Crippen molar-refractivity contribution in [3.05, 3.63) is 83.4 Å². The fourth-order valence-electron chi connectivity index (χ4n) is 2.96. The zero-order valence-corrected chi connectivity index (χ0v) is 15.3. The second-order valence-electron chi connectivity index (χ2n) is 6.43. The van der Waals surface area contributed by atoms with Gasteiger partial charge in [-0.1, -0.05) is 54.6 Å². The average molecular weight is 375 g/mol. The first-order chi connectivity index (χ1) is 13.5. The summed E-state index contributed by atoms with van der Waals surface area (Å²) in [5.74, 6) is -1.05. The molecule has 4 N–H and O–H groups in total. The van der Waals surface area contributed by atoms with E-state index in [1.165, 1.54) is 0 Å². The van der Waals surface area contributed by atoms with Gasteiger partial charge in [-0.2, -0.15) is 0 Å². The molecule has 0 saturated heterocycles. The lowest BCUT2D eigenvalue weighted by Crippen LogP contribution is -2.37. The third-order valence-electron chi connectivity index (χ3n) is 4.38. The zero-order valence-electron chi connectivity index (χ0n) is 15.3. The highest BCUT2D eigenvalue weighted by Gasteiger charge is 2.09. The molecule has 3 aromatic carbocycles. The van der Waals surface area contributed by atoms with Crippen LogP contribution in [0, 0.1) is 0 Å². The summed E-state index contributed by atoms with van der Waals surface area (Å²) in [6.45, 7) is 0.137. The third-order valence-corrected chi connectivity index (χ3v) is 4.38. The Bertz CT molecular complexity index is 1020. The van der Waals surface area contributed by atoms with Gasteiger partial charge in [0.1, 0.15) is 0 Å². The Morgan fingerprint density at radius 2 is 1.57 bits per heavy atom. The topological polar surface area (TPSA) is 101 Å². The van der Waals surface area contributed by atoms with Crippen LogP contribution in [0.1, 0.15) is 21.5 Å². The number of primary amides is 1. The van der Waals surface area contributed by atoms with Crippen molar-refractivity contribution in [1.82, 2.24) is 10.6 Å². The van der Waals surface area contributed by atoms with Crippen LogP contribution in [0.15, 0.2) is 66.7 Å². The lowest BCUT2D eigenvalue weighted by Gasteiger charge is -2.09. The molecule has 0 radical (unpaired) electrons. The highest BCUT2D eigenvalue weighted by atomic mass is 16.2. The first kappa shape index (κ1) is 19.1. The quantitative estimate of drug-likeness (QED) is 0.588. The number of rotatable bonds is 7. The first-order valence-electron chi connectivity index (χ1n) is 8.92. The Morgan fingerprint density at radius 1 is 0.821 bits per heavy atom. The molecule has 0 unspecified atom stereocenters. The molecule has 28 heavy (non-hydrogen) atoms. The van der Waals surface area contributed by atoms with Gasteiger partial charge in [-0.3, -0.25) is 14.4 Å². The zero-order chi connectivity index (χ0) is 19.9. The van der Waals surface area contributed by atoms with Crippen molar-refractivity contribution in [2.75, 3.05) is 6.54 Å². The number of carbonyl (C=O) groups is 3. The second-order valence-corrected chi connectivity index (χ2v) is 6.43. The third kappa shape index (κ3) is 4.94. The van der Waals surface area contributed by atoms with E-state index in [0.717, 1.165) is 21.9 Å². The Hall–Kier alpha value is -3.67. The van der Waals surface area contributed by atoms with E-state index in [0.29, 0.717) is 5.56 Å². The van der Waals surface area contributed by atoms with Crippen LogP contribution in [0.5, 0.6) is 0 Å². The molecule has 0 bridgehead atoms. The maximum atomic E-state index is 12.2. The fraction of sp³-hybridized carbons (Fsp3) is 0.136. The van der Waals surface area contributed by atoms with Gasteiger partial charge in [0.05, 0.1) is 13.0 Å². The number of carbonyl (C=O) groups excluding carboxylic acids is 3. The summed E-state index contributed by atoms with van der Waals surface area (Å²) in [7, 11) is 0. The number of hydrogen-bond donors (Lipinski definition) is 3. The molecule has 0 fully saturated rings. The molecule has 0 atom stereocenters. The Kier molecular flexibility index (Phi) is 6.01. The van der Waals surface area contributed by atoms with Gasteiger partial charge in [-0.15, -0.1) is 0 Å². The van der Waals surface area contributed by atoms with Gasteiger partial charge in [0, 0.05) is 12.1 Å². The van der Waals surface area contributed by atoms with Gasteiger partial charge in [0.15, 0.2) is 0 Å². The van der Waals surface area contributed by atoms with Crippen LogP contribution < -0.4 is 16.4 Å². The summed E-state index contributed by atoms with van der Waals surface area (Å²) in [5.41, 5.74) is 7.30. The fourth-order valence-corrected chi connectivity index (χ4v) is 2.96. The summed E-state index contributed by atoms with van der Waals surface area (Å²) in [6, 6.07) is 20.4. The molecule has 0 spiro atoms. The largest absolute Gasteiger partial charge is 0.366 e. The molecule has 0 aliphatic heterocycles. The van der Waals surface area contributed by atoms with E-state index in [1.807, 2.05) is 42.5 Å². The molecular weight excluding hydrogens is 354 g/mol. The number of nitrogens with one attached hydrogen (secondary N) is 2. The maximum Gasteiger partial charge on any atom is 0.248 e. The van der Waals surface area contributed by atoms with E-state index < -0.39 is 5.91 Å². The molecule has 0 aromatic heterocycles. The van der Waals surface area contributed by atoms with Gasteiger partial charge in [-0.05, 0) is 34.0 Å². The van der Waals surface area contributed by atoms with Gasteiger partial charge in [-0.25, -0.2) is 0 Å². The lowest BCUT2D eigenvalue weighted by atomic mass is 10.0. The predicted molar refractivity (Wildman–Crippen MR) is 107 cm³/mol. The number of nitrogens with two attached hydrogens (primary N) is 1. The molecule has 0 aliphatic rings. The summed E-state index contributed by atoms with van der Waals surface area (Å²) in [6.07, 6.45) is 0.204. The predicted octanol–water partition coefficient (Wildman–Crippen LogP) is 1.91. The minimum atomic E-state index is -0.520. The second kappa shape index (κ2) is 8.81. The lowest BCUT2D eigenvalue weighted by molar-refractivity contribution is -0.125. The highest BCUT2D eigenvalue weighted by molar-refractivity contribution is 5.93. The van der Waals surface area contributed by atoms with Crippen LogP contribution in [-0.2, 0) is 22.6 Å². The molecule has 3 amide bonds. The van der Waals surface area contributed by atoms with E-state index >= 15 is 0 Å². The SMILES string of the molecule is NC(=O)c1cccc(CNC(=O)CNC(=O)Cc2cccc3ccccc23)c1. The van der Waals surface area contributed by atoms with Crippen LogP contribution in [0.2, 0.25) is 0 Å². The van der Waals surface area contributed by atoms with Gasteiger partial charge in [0.2, 0.25) is 17.7 Å². The van der Waals surface area contributed by atoms with Crippen molar-refractivity contribution >= 4 is 28.5 Å². The van der Waals surface area contributed by atoms with Gasteiger partial charge in [0.25, 0.3) is 0 Å². The summed E-state index contributed by atoms with van der Waals surface area (Å²) >= 11 is 0. The van der Waals surface area contributed by atoms with E-state index in [9.17, 15) is 14.4 Å². The molecule has 0 aliphatic carbocycles. The van der Waals surface area contributed by atoms with Crippen molar-refractivity contribution in [2.24, 2.45) is 5.73 Å². The minimum Gasteiger partial charge on any atom is -0.366 e. The van der Waals surface area contributed by atoms with E-state index in [4.69, 9.17) is 5.73 Å². The van der Waals surface area contributed by atoms with Crippen LogP contribution in [0.25, 0.3) is 10.8 Å². The van der Waals surface area contributed by atoms with E-state index in [-0.39, 0.29) is 31.3 Å².